The second kappa shape index (κ2) is 9.53. The van der Waals surface area contributed by atoms with Crippen molar-refractivity contribution < 1.29 is 13.2 Å². The van der Waals surface area contributed by atoms with E-state index in [2.05, 4.69) is 6.92 Å². The molecule has 2 aromatic rings. The van der Waals surface area contributed by atoms with E-state index in [-0.39, 0.29) is 11.8 Å². The Labute approximate surface area is 186 Å². The van der Waals surface area contributed by atoms with Gasteiger partial charge in [-0.1, -0.05) is 43.3 Å². The van der Waals surface area contributed by atoms with Gasteiger partial charge in [0.2, 0.25) is 15.9 Å². The number of nitrogens with zero attached hydrogens (tertiary/aromatic N) is 2. The van der Waals surface area contributed by atoms with Crippen LogP contribution in [0.3, 0.4) is 0 Å². The van der Waals surface area contributed by atoms with Gasteiger partial charge in [0, 0.05) is 32.1 Å². The summed E-state index contributed by atoms with van der Waals surface area (Å²) in [6.07, 6.45) is 5.17. The molecule has 0 aromatic heterocycles. The van der Waals surface area contributed by atoms with Crippen LogP contribution in [0.25, 0.3) is 0 Å². The lowest BCUT2D eigenvalue weighted by molar-refractivity contribution is -0.137. The second-order valence-electron chi connectivity index (χ2n) is 8.71. The van der Waals surface area contributed by atoms with Gasteiger partial charge in [0.1, 0.15) is 0 Å². The molecule has 0 N–H and O–H groups in total. The van der Waals surface area contributed by atoms with Crippen LogP contribution >= 0.6 is 0 Å². The molecular formula is C25H32N2O3S. The predicted octanol–water partition coefficient (Wildman–Crippen LogP) is 4.01. The molecule has 0 atom stereocenters. The number of hydrogen-bond donors (Lipinski definition) is 0. The maximum atomic E-state index is 13.2. The van der Waals surface area contributed by atoms with Gasteiger partial charge in [0.05, 0.1) is 4.90 Å². The summed E-state index contributed by atoms with van der Waals surface area (Å²) in [6, 6.07) is 15.6. The van der Waals surface area contributed by atoms with Crippen molar-refractivity contribution in [2.75, 3.05) is 19.6 Å². The lowest BCUT2D eigenvalue weighted by Crippen LogP contribution is -2.44. The van der Waals surface area contributed by atoms with E-state index in [9.17, 15) is 13.2 Å². The molecule has 0 radical (unpaired) electrons. The normalized spacial score (nSPS) is 17.5. The zero-order chi connectivity index (χ0) is 21.8. The smallest absolute Gasteiger partial charge is 0.243 e. The molecule has 1 saturated heterocycles. The van der Waals surface area contributed by atoms with Crippen molar-refractivity contribution in [3.05, 3.63) is 65.2 Å². The van der Waals surface area contributed by atoms with E-state index < -0.39 is 10.0 Å². The minimum atomic E-state index is -3.50. The molecule has 6 heteroatoms. The Bertz CT molecular complexity index is 1010. The maximum absolute atomic E-state index is 13.2. The van der Waals surface area contributed by atoms with Gasteiger partial charge < -0.3 is 4.90 Å². The van der Waals surface area contributed by atoms with Gasteiger partial charge in [0.25, 0.3) is 0 Å². The van der Waals surface area contributed by atoms with E-state index in [4.69, 9.17) is 0 Å². The van der Waals surface area contributed by atoms with Gasteiger partial charge in [0.15, 0.2) is 0 Å². The molecule has 4 rings (SSSR count). The van der Waals surface area contributed by atoms with Crippen LogP contribution in [0, 0.1) is 5.92 Å². The van der Waals surface area contributed by atoms with Crippen LogP contribution in [0.5, 0.6) is 0 Å². The summed E-state index contributed by atoms with van der Waals surface area (Å²) in [7, 11) is -3.50. The lowest BCUT2D eigenvalue weighted by atomic mass is 9.96. The molecule has 2 aromatic carbocycles. The van der Waals surface area contributed by atoms with Crippen LogP contribution in [0.4, 0.5) is 0 Å². The largest absolute Gasteiger partial charge is 0.338 e. The number of amides is 1. The first-order chi connectivity index (χ1) is 15.0. The maximum Gasteiger partial charge on any atom is 0.243 e. The second-order valence-corrected chi connectivity index (χ2v) is 10.6. The standard InChI is InChI=1S/C25H32N2O3S/c1-2-15-26(19-20-7-4-3-5-8-20)25(28)22-13-16-27(17-14-22)31(29,30)24-12-11-21-9-6-10-23(21)18-24/h3-5,7-8,11-12,18,22H,2,6,9-10,13-17,19H2,1H3. The Morgan fingerprint density at radius 2 is 1.74 bits per heavy atom. The van der Waals surface area contributed by atoms with Crippen molar-refractivity contribution in [3.63, 3.8) is 0 Å². The molecule has 2 aliphatic rings. The molecule has 1 aliphatic carbocycles. The molecule has 31 heavy (non-hydrogen) atoms. The molecule has 0 unspecified atom stereocenters. The van der Waals surface area contributed by atoms with E-state index >= 15 is 0 Å². The number of hydrogen-bond acceptors (Lipinski definition) is 3. The average Bonchev–Trinajstić information content (AvgIpc) is 3.27. The van der Waals surface area contributed by atoms with Crippen molar-refractivity contribution >= 4 is 15.9 Å². The van der Waals surface area contributed by atoms with Crippen LogP contribution in [-0.2, 0) is 34.2 Å². The van der Waals surface area contributed by atoms with Crippen LogP contribution in [-0.4, -0.2) is 43.2 Å². The Hall–Kier alpha value is -2.18. The molecular weight excluding hydrogens is 408 g/mol. The fourth-order valence-corrected chi connectivity index (χ4v) is 6.32. The van der Waals surface area contributed by atoms with Gasteiger partial charge >= 0.3 is 0 Å². The Morgan fingerprint density at radius 1 is 1.03 bits per heavy atom. The predicted molar refractivity (Wildman–Crippen MR) is 122 cm³/mol. The summed E-state index contributed by atoms with van der Waals surface area (Å²) in [5.74, 6) is 0.0435. The zero-order valence-corrected chi connectivity index (χ0v) is 19.1. The third-order valence-electron chi connectivity index (χ3n) is 6.53. The summed E-state index contributed by atoms with van der Waals surface area (Å²) in [4.78, 5) is 15.5. The van der Waals surface area contributed by atoms with E-state index in [0.717, 1.165) is 37.8 Å². The van der Waals surface area contributed by atoms with Crippen LogP contribution in [0.15, 0.2) is 53.4 Å². The first kappa shape index (κ1) is 22.0. The minimum absolute atomic E-state index is 0.110. The van der Waals surface area contributed by atoms with Gasteiger partial charge in [-0.05, 0) is 67.3 Å². The molecule has 0 bridgehead atoms. The van der Waals surface area contributed by atoms with Crippen LogP contribution in [0.1, 0.15) is 49.3 Å². The van der Waals surface area contributed by atoms with E-state index in [1.807, 2.05) is 47.4 Å². The highest BCUT2D eigenvalue weighted by molar-refractivity contribution is 7.89. The third-order valence-corrected chi connectivity index (χ3v) is 8.43. The Morgan fingerprint density at radius 3 is 2.45 bits per heavy atom. The SMILES string of the molecule is CCCN(Cc1ccccc1)C(=O)C1CCN(S(=O)(=O)c2ccc3c(c2)CCC3)CC1. The van der Waals surface area contributed by atoms with Gasteiger partial charge in [-0.25, -0.2) is 8.42 Å². The molecule has 0 saturated carbocycles. The molecule has 1 fully saturated rings. The van der Waals surface area contributed by atoms with Crippen molar-refractivity contribution in [2.45, 2.75) is 56.9 Å². The molecule has 5 nitrogen and oxygen atoms in total. The van der Waals surface area contributed by atoms with E-state index in [1.165, 1.54) is 11.1 Å². The average molecular weight is 441 g/mol. The molecule has 1 heterocycles. The van der Waals surface area contributed by atoms with Crippen molar-refractivity contribution in [2.24, 2.45) is 5.92 Å². The number of sulfonamides is 1. The number of carbonyl (C=O) groups excluding carboxylic acids is 1. The molecule has 0 spiro atoms. The van der Waals surface area contributed by atoms with Crippen molar-refractivity contribution in [1.82, 2.24) is 9.21 Å². The summed E-state index contributed by atoms with van der Waals surface area (Å²) < 4.78 is 27.9. The van der Waals surface area contributed by atoms with Crippen molar-refractivity contribution in [3.8, 4) is 0 Å². The number of fused-ring (bicyclic) bond motifs is 1. The highest BCUT2D eigenvalue weighted by Gasteiger charge is 2.34. The highest BCUT2D eigenvalue weighted by Crippen LogP contribution is 2.29. The fraction of sp³-hybridized carbons (Fsp3) is 0.480. The lowest BCUT2D eigenvalue weighted by Gasteiger charge is -2.34. The first-order valence-corrected chi connectivity index (χ1v) is 12.9. The monoisotopic (exact) mass is 440 g/mol. The minimum Gasteiger partial charge on any atom is -0.338 e. The third kappa shape index (κ3) is 4.85. The van der Waals surface area contributed by atoms with Gasteiger partial charge in [-0.15, -0.1) is 0 Å². The van der Waals surface area contributed by atoms with E-state index in [1.54, 1.807) is 10.4 Å². The van der Waals surface area contributed by atoms with Gasteiger partial charge in [-0.3, -0.25) is 4.79 Å². The van der Waals surface area contributed by atoms with Gasteiger partial charge in [-0.2, -0.15) is 4.31 Å². The summed E-state index contributed by atoms with van der Waals surface area (Å²) >= 11 is 0. The fourth-order valence-electron chi connectivity index (χ4n) is 4.80. The highest BCUT2D eigenvalue weighted by atomic mass is 32.2. The van der Waals surface area contributed by atoms with Crippen molar-refractivity contribution in [1.29, 1.82) is 0 Å². The summed E-state index contributed by atoms with van der Waals surface area (Å²) in [5, 5.41) is 0. The van der Waals surface area contributed by atoms with Crippen LogP contribution in [0.2, 0.25) is 0 Å². The number of piperidine rings is 1. The summed E-state index contributed by atoms with van der Waals surface area (Å²) in [5.41, 5.74) is 3.57. The molecule has 1 amide bonds. The number of carbonyl (C=O) groups is 1. The number of aryl methyl sites for hydroxylation is 2. The number of rotatable bonds is 7. The van der Waals surface area contributed by atoms with Crippen LogP contribution < -0.4 is 0 Å². The number of benzene rings is 2. The van der Waals surface area contributed by atoms with E-state index in [0.29, 0.717) is 37.4 Å². The quantitative estimate of drug-likeness (QED) is 0.654. The Kier molecular flexibility index (Phi) is 6.77. The zero-order valence-electron chi connectivity index (χ0n) is 18.3. The topological polar surface area (TPSA) is 57.7 Å². The summed E-state index contributed by atoms with van der Waals surface area (Å²) in [6.45, 7) is 4.22. The Balaban J connectivity index is 1.40. The first-order valence-electron chi connectivity index (χ1n) is 11.4. The molecule has 166 valence electrons. The molecule has 1 aliphatic heterocycles.